The average molecular weight is 348 g/mol. The molecule has 1 aromatic carbocycles. The second-order valence-electron chi connectivity index (χ2n) is 6.12. The largest absolute Gasteiger partial charge is 0.383 e. The summed E-state index contributed by atoms with van der Waals surface area (Å²) in [5.74, 6) is 0.631. The van der Waals surface area contributed by atoms with Crippen LogP contribution in [0.3, 0.4) is 0 Å². The molecule has 2 unspecified atom stereocenters. The molecule has 2 atom stereocenters. The van der Waals surface area contributed by atoms with Gasteiger partial charge in [0.2, 0.25) is 0 Å². The molecule has 25 heavy (non-hydrogen) atoms. The van der Waals surface area contributed by atoms with Crippen LogP contribution in [0.5, 0.6) is 0 Å². The van der Waals surface area contributed by atoms with E-state index in [1.165, 1.54) is 0 Å². The zero-order valence-electron chi connectivity index (χ0n) is 15.2. The van der Waals surface area contributed by atoms with Gasteiger partial charge in [0.15, 0.2) is 5.96 Å². The molecule has 1 amide bonds. The van der Waals surface area contributed by atoms with Gasteiger partial charge in [0.25, 0.3) is 5.91 Å². The van der Waals surface area contributed by atoms with Gasteiger partial charge in [-0.2, -0.15) is 0 Å². The SMILES string of the molecule is CN=C(NCc1cccc(NC(=O)C2CCCO2)c1)NC(C)COC. The Labute approximate surface area is 149 Å². The highest BCUT2D eigenvalue weighted by molar-refractivity contribution is 5.94. The van der Waals surface area contributed by atoms with Crippen LogP contribution in [0.1, 0.15) is 25.3 Å². The van der Waals surface area contributed by atoms with Gasteiger partial charge >= 0.3 is 0 Å². The van der Waals surface area contributed by atoms with E-state index in [4.69, 9.17) is 9.47 Å². The molecule has 2 rings (SSSR count). The van der Waals surface area contributed by atoms with Crippen LogP contribution in [0.4, 0.5) is 5.69 Å². The summed E-state index contributed by atoms with van der Waals surface area (Å²) >= 11 is 0. The molecule has 1 fully saturated rings. The van der Waals surface area contributed by atoms with Crippen LogP contribution in [0, 0.1) is 0 Å². The molecule has 3 N–H and O–H groups in total. The number of carbonyl (C=O) groups excluding carboxylic acids is 1. The molecule has 138 valence electrons. The first-order valence-electron chi connectivity index (χ1n) is 8.60. The van der Waals surface area contributed by atoms with Gasteiger partial charge in [-0.05, 0) is 37.5 Å². The number of methoxy groups -OCH3 is 1. The number of hydrogen-bond donors (Lipinski definition) is 3. The van der Waals surface area contributed by atoms with E-state index in [1.54, 1.807) is 14.2 Å². The summed E-state index contributed by atoms with van der Waals surface area (Å²) in [6, 6.07) is 7.91. The van der Waals surface area contributed by atoms with Crippen molar-refractivity contribution in [2.24, 2.45) is 4.99 Å². The Morgan fingerprint density at radius 1 is 1.48 bits per heavy atom. The standard InChI is InChI=1S/C18H28N4O3/c1-13(12-24-3)21-18(19-2)20-11-14-6-4-7-15(10-14)22-17(23)16-8-5-9-25-16/h4,6-7,10,13,16H,5,8-9,11-12H2,1-3H3,(H,22,23)(H2,19,20,21). The first kappa shape index (κ1) is 19.2. The molecule has 1 aliphatic rings. The first-order valence-corrected chi connectivity index (χ1v) is 8.60. The van der Waals surface area contributed by atoms with Crippen molar-refractivity contribution in [3.63, 3.8) is 0 Å². The fourth-order valence-corrected chi connectivity index (χ4v) is 2.67. The van der Waals surface area contributed by atoms with Crippen LogP contribution < -0.4 is 16.0 Å². The molecule has 0 bridgehead atoms. The lowest BCUT2D eigenvalue weighted by Crippen LogP contribution is -2.43. The summed E-state index contributed by atoms with van der Waals surface area (Å²) in [5.41, 5.74) is 1.82. The fraction of sp³-hybridized carbons (Fsp3) is 0.556. The highest BCUT2D eigenvalue weighted by atomic mass is 16.5. The minimum Gasteiger partial charge on any atom is -0.383 e. The van der Waals surface area contributed by atoms with E-state index in [2.05, 4.69) is 20.9 Å². The van der Waals surface area contributed by atoms with Crippen molar-refractivity contribution in [2.75, 3.05) is 32.7 Å². The Hall–Kier alpha value is -2.12. The van der Waals surface area contributed by atoms with Gasteiger partial charge in [0.1, 0.15) is 6.10 Å². The smallest absolute Gasteiger partial charge is 0.253 e. The number of nitrogens with one attached hydrogen (secondary N) is 3. The molecule has 0 spiro atoms. The molecule has 7 heteroatoms. The fourth-order valence-electron chi connectivity index (χ4n) is 2.67. The van der Waals surface area contributed by atoms with Gasteiger partial charge in [-0.1, -0.05) is 12.1 Å². The first-order chi connectivity index (χ1) is 12.1. The van der Waals surface area contributed by atoms with Crippen LogP contribution in [-0.2, 0) is 20.8 Å². The van der Waals surface area contributed by atoms with Gasteiger partial charge in [-0.25, -0.2) is 0 Å². The minimum absolute atomic E-state index is 0.0755. The van der Waals surface area contributed by atoms with Crippen molar-refractivity contribution in [2.45, 2.75) is 38.5 Å². The lowest BCUT2D eigenvalue weighted by atomic mass is 10.2. The Morgan fingerprint density at radius 2 is 2.32 bits per heavy atom. The molecular formula is C18H28N4O3. The van der Waals surface area contributed by atoms with E-state index in [0.29, 0.717) is 25.7 Å². The summed E-state index contributed by atoms with van der Waals surface area (Å²) < 4.78 is 10.5. The van der Waals surface area contributed by atoms with Crippen molar-refractivity contribution in [3.8, 4) is 0 Å². The molecular weight excluding hydrogens is 320 g/mol. The van der Waals surface area contributed by atoms with Gasteiger partial charge in [0.05, 0.1) is 6.61 Å². The average Bonchev–Trinajstić information content (AvgIpc) is 3.14. The summed E-state index contributed by atoms with van der Waals surface area (Å²) in [7, 11) is 3.40. The van der Waals surface area contributed by atoms with Gasteiger partial charge in [0, 0.05) is 39.0 Å². The maximum atomic E-state index is 12.1. The summed E-state index contributed by atoms with van der Waals surface area (Å²) in [6.45, 7) is 3.89. The molecule has 0 saturated carbocycles. The minimum atomic E-state index is -0.327. The van der Waals surface area contributed by atoms with E-state index >= 15 is 0 Å². The van der Waals surface area contributed by atoms with Crippen LogP contribution in [-0.4, -0.2) is 51.4 Å². The molecule has 1 aromatic rings. The predicted octanol–water partition coefficient (Wildman–Crippen LogP) is 1.50. The lowest BCUT2D eigenvalue weighted by Gasteiger charge is -2.17. The number of hydrogen-bond acceptors (Lipinski definition) is 4. The van der Waals surface area contributed by atoms with Crippen molar-refractivity contribution < 1.29 is 14.3 Å². The van der Waals surface area contributed by atoms with Gasteiger partial charge in [-0.3, -0.25) is 9.79 Å². The maximum Gasteiger partial charge on any atom is 0.253 e. The second kappa shape index (κ2) is 10.0. The molecule has 0 aliphatic carbocycles. The third kappa shape index (κ3) is 6.36. The monoisotopic (exact) mass is 348 g/mol. The molecule has 7 nitrogen and oxygen atoms in total. The van der Waals surface area contributed by atoms with Crippen molar-refractivity contribution >= 4 is 17.6 Å². The predicted molar refractivity (Wildman–Crippen MR) is 98.7 cm³/mol. The van der Waals surface area contributed by atoms with Crippen molar-refractivity contribution in [1.29, 1.82) is 0 Å². The van der Waals surface area contributed by atoms with E-state index in [9.17, 15) is 4.79 Å². The van der Waals surface area contributed by atoms with Gasteiger partial charge in [-0.15, -0.1) is 0 Å². The van der Waals surface area contributed by atoms with E-state index in [-0.39, 0.29) is 18.1 Å². The number of rotatable bonds is 7. The Bertz CT molecular complexity index is 585. The number of benzene rings is 1. The van der Waals surface area contributed by atoms with Crippen LogP contribution >= 0.6 is 0 Å². The molecule has 1 heterocycles. The third-order valence-electron chi connectivity index (χ3n) is 3.90. The number of nitrogens with zero attached hydrogens (tertiary/aromatic N) is 1. The highest BCUT2D eigenvalue weighted by Gasteiger charge is 2.23. The highest BCUT2D eigenvalue weighted by Crippen LogP contribution is 2.16. The second-order valence-corrected chi connectivity index (χ2v) is 6.12. The number of amides is 1. The third-order valence-corrected chi connectivity index (χ3v) is 3.90. The number of aliphatic imine (C=N–C) groups is 1. The van der Waals surface area contributed by atoms with E-state index in [1.807, 2.05) is 31.2 Å². The summed E-state index contributed by atoms with van der Waals surface area (Å²) in [5, 5.41) is 9.43. The zero-order valence-corrected chi connectivity index (χ0v) is 15.2. The molecule has 1 saturated heterocycles. The maximum absolute atomic E-state index is 12.1. The van der Waals surface area contributed by atoms with Crippen molar-refractivity contribution in [1.82, 2.24) is 10.6 Å². The van der Waals surface area contributed by atoms with E-state index < -0.39 is 0 Å². The Balaban J connectivity index is 1.86. The lowest BCUT2D eigenvalue weighted by molar-refractivity contribution is -0.124. The Morgan fingerprint density at radius 3 is 3.00 bits per heavy atom. The number of carbonyl (C=O) groups is 1. The summed E-state index contributed by atoms with van der Waals surface area (Å²) in [6.07, 6.45) is 1.40. The van der Waals surface area contributed by atoms with Crippen LogP contribution in [0.25, 0.3) is 0 Å². The van der Waals surface area contributed by atoms with Crippen LogP contribution in [0.2, 0.25) is 0 Å². The number of guanidine groups is 1. The zero-order chi connectivity index (χ0) is 18.1. The normalized spacial score (nSPS) is 18.7. The summed E-state index contributed by atoms with van der Waals surface area (Å²) in [4.78, 5) is 16.3. The number of anilines is 1. The Kier molecular flexibility index (Phi) is 7.69. The molecule has 1 aliphatic heterocycles. The molecule has 0 aromatic heterocycles. The van der Waals surface area contributed by atoms with Crippen LogP contribution in [0.15, 0.2) is 29.3 Å². The number of ether oxygens (including phenoxy) is 2. The quantitative estimate of drug-likeness (QED) is 0.514. The van der Waals surface area contributed by atoms with Crippen molar-refractivity contribution in [3.05, 3.63) is 29.8 Å². The molecule has 0 radical (unpaired) electrons. The van der Waals surface area contributed by atoms with Gasteiger partial charge < -0.3 is 25.4 Å². The topological polar surface area (TPSA) is 84.0 Å². The van der Waals surface area contributed by atoms with E-state index in [0.717, 1.165) is 24.1 Å².